The summed E-state index contributed by atoms with van der Waals surface area (Å²) in [5.41, 5.74) is 1.94. The van der Waals surface area contributed by atoms with Crippen LogP contribution in [0.15, 0.2) is 54.6 Å². The lowest BCUT2D eigenvalue weighted by Crippen LogP contribution is -2.06. The topological polar surface area (TPSA) is 52.2 Å². The zero-order chi connectivity index (χ0) is 16.2. The fourth-order valence-corrected chi connectivity index (χ4v) is 2.64. The number of hydrogen-bond donors (Lipinski definition) is 1. The summed E-state index contributed by atoms with van der Waals surface area (Å²) in [6.07, 6.45) is 0. The molecule has 0 aliphatic heterocycles. The van der Waals surface area contributed by atoms with Crippen molar-refractivity contribution in [2.45, 2.75) is 20.3 Å². The lowest BCUT2D eigenvalue weighted by atomic mass is 10.2. The Bertz CT molecular complexity index is 856. The molecule has 1 aromatic heterocycles. The molecule has 118 valence electrons. The largest absolute Gasteiger partial charge is 0.485 e. The number of benzene rings is 2. The summed E-state index contributed by atoms with van der Waals surface area (Å²) in [6.45, 7) is 1.98. The summed E-state index contributed by atoms with van der Waals surface area (Å²) in [5, 5.41) is 13.8. The molecule has 6 heteroatoms. The minimum absolute atomic E-state index is 0.260. The summed E-state index contributed by atoms with van der Waals surface area (Å²) < 4.78 is 9.49. The minimum atomic E-state index is -0.268. The Morgan fingerprint density at radius 3 is 2.48 bits per heavy atom. The van der Waals surface area contributed by atoms with Gasteiger partial charge in [-0.05, 0) is 42.9 Å². The predicted molar refractivity (Wildman–Crippen MR) is 90.1 cm³/mol. The van der Waals surface area contributed by atoms with E-state index in [-0.39, 0.29) is 13.3 Å². The molecule has 0 saturated carbocycles. The quantitative estimate of drug-likeness (QED) is 0.731. The molecule has 0 atom stereocenters. The number of para-hydroxylation sites is 2. The Morgan fingerprint density at radius 1 is 1.09 bits per heavy atom. The molecule has 5 nitrogen and oxygen atoms in total. The normalized spacial score (nSPS) is 10.7. The van der Waals surface area contributed by atoms with Gasteiger partial charge in [-0.2, -0.15) is 5.10 Å². The highest BCUT2D eigenvalue weighted by Crippen LogP contribution is 2.19. The van der Waals surface area contributed by atoms with Gasteiger partial charge in [0.15, 0.2) is 5.82 Å². The maximum absolute atomic E-state index is 9.41. The first-order valence-electron chi connectivity index (χ1n) is 7.24. The van der Waals surface area contributed by atoms with Crippen molar-refractivity contribution in [1.29, 1.82) is 0 Å². The lowest BCUT2D eigenvalue weighted by Gasteiger charge is -2.10. The average Bonchev–Trinajstić information content (AvgIpc) is 2.90. The molecule has 0 spiro atoms. The number of aryl methyl sites for hydroxylation is 1. The second kappa shape index (κ2) is 6.76. The first kappa shape index (κ1) is 15.5. The molecule has 23 heavy (non-hydrogen) atoms. The van der Waals surface area contributed by atoms with E-state index < -0.39 is 0 Å². The zero-order valence-electron chi connectivity index (χ0n) is 12.7. The number of rotatable bonds is 5. The number of aliphatic hydroxyl groups excluding tert-OH is 1. The van der Waals surface area contributed by atoms with Gasteiger partial charge in [0, 0.05) is 5.69 Å². The number of aromatic nitrogens is 3. The van der Waals surface area contributed by atoms with Crippen molar-refractivity contribution in [3.8, 4) is 11.4 Å². The van der Waals surface area contributed by atoms with E-state index in [1.54, 1.807) is 0 Å². The van der Waals surface area contributed by atoms with E-state index in [0.717, 1.165) is 17.0 Å². The Labute approximate surface area is 139 Å². The van der Waals surface area contributed by atoms with E-state index in [1.807, 2.05) is 66.1 Å². The number of ether oxygens (including phenoxy) is 1. The fraction of sp³-hybridized carbons (Fsp3) is 0.176. The molecule has 0 aliphatic carbocycles. The van der Waals surface area contributed by atoms with E-state index in [0.29, 0.717) is 10.6 Å². The number of aliphatic hydroxyl groups is 1. The molecule has 1 N–H and O–H groups in total. The number of nitrogens with zero attached hydrogens (tertiary/aromatic N) is 3. The molecular formula is C17H17N3O2S. The van der Waals surface area contributed by atoms with E-state index in [9.17, 15) is 5.11 Å². The van der Waals surface area contributed by atoms with Gasteiger partial charge in [-0.15, -0.1) is 0 Å². The summed E-state index contributed by atoms with van der Waals surface area (Å²) in [6, 6.07) is 17.5. The van der Waals surface area contributed by atoms with E-state index in [4.69, 9.17) is 17.0 Å². The van der Waals surface area contributed by atoms with Gasteiger partial charge in [0.25, 0.3) is 0 Å². The summed E-state index contributed by atoms with van der Waals surface area (Å²) in [7, 11) is 0. The van der Waals surface area contributed by atoms with Gasteiger partial charge in [-0.25, -0.2) is 4.68 Å². The van der Waals surface area contributed by atoms with Crippen molar-refractivity contribution in [3.63, 3.8) is 0 Å². The highest BCUT2D eigenvalue weighted by Gasteiger charge is 2.13. The molecule has 0 fully saturated rings. The van der Waals surface area contributed by atoms with Gasteiger partial charge in [-0.3, -0.25) is 4.57 Å². The van der Waals surface area contributed by atoms with Gasteiger partial charge in [0.1, 0.15) is 19.1 Å². The smallest absolute Gasteiger partial charge is 0.204 e. The SMILES string of the molecule is Cc1ccccc1OCc1nn(CO)c(=S)n1-c1ccccc1. The van der Waals surface area contributed by atoms with Crippen molar-refractivity contribution in [1.82, 2.24) is 14.3 Å². The summed E-state index contributed by atoms with van der Waals surface area (Å²) >= 11 is 5.40. The van der Waals surface area contributed by atoms with Crippen molar-refractivity contribution in [2.75, 3.05) is 0 Å². The zero-order valence-corrected chi connectivity index (χ0v) is 13.5. The Kier molecular flexibility index (Phi) is 4.55. The van der Waals surface area contributed by atoms with Crippen molar-refractivity contribution >= 4 is 12.2 Å². The van der Waals surface area contributed by atoms with Crippen LogP contribution in [-0.4, -0.2) is 19.5 Å². The van der Waals surface area contributed by atoms with Gasteiger partial charge in [-0.1, -0.05) is 36.4 Å². The molecular weight excluding hydrogens is 310 g/mol. The Hall–Kier alpha value is -2.44. The van der Waals surface area contributed by atoms with Crippen LogP contribution in [0.4, 0.5) is 0 Å². The second-order valence-corrected chi connectivity index (χ2v) is 5.43. The van der Waals surface area contributed by atoms with Gasteiger partial charge < -0.3 is 9.84 Å². The van der Waals surface area contributed by atoms with Crippen molar-refractivity contribution < 1.29 is 9.84 Å². The molecule has 0 radical (unpaired) electrons. The van der Waals surface area contributed by atoms with Crippen LogP contribution in [0.1, 0.15) is 11.4 Å². The van der Waals surface area contributed by atoms with E-state index in [1.165, 1.54) is 4.68 Å². The van der Waals surface area contributed by atoms with Crippen LogP contribution in [0.25, 0.3) is 5.69 Å². The third-order valence-corrected chi connectivity index (χ3v) is 3.90. The van der Waals surface area contributed by atoms with E-state index >= 15 is 0 Å². The van der Waals surface area contributed by atoms with Gasteiger partial charge in [0.2, 0.25) is 4.77 Å². The third kappa shape index (κ3) is 3.18. The molecule has 1 heterocycles. The van der Waals surface area contributed by atoms with Crippen LogP contribution < -0.4 is 4.74 Å². The monoisotopic (exact) mass is 327 g/mol. The maximum Gasteiger partial charge on any atom is 0.204 e. The second-order valence-electron chi connectivity index (χ2n) is 5.06. The average molecular weight is 327 g/mol. The Morgan fingerprint density at radius 2 is 1.78 bits per heavy atom. The minimum Gasteiger partial charge on any atom is -0.485 e. The highest BCUT2D eigenvalue weighted by atomic mass is 32.1. The Balaban J connectivity index is 1.96. The standard InChI is InChI=1S/C17H17N3O2S/c1-13-7-5-6-10-15(13)22-11-16-18-19(12-21)17(23)20(16)14-8-3-2-4-9-14/h2-10,21H,11-12H2,1H3. The summed E-state index contributed by atoms with van der Waals surface area (Å²) in [5.74, 6) is 1.44. The fourth-order valence-electron chi connectivity index (χ4n) is 2.34. The molecule has 2 aromatic carbocycles. The predicted octanol–water partition coefficient (Wildman–Crippen LogP) is 3.24. The molecule has 0 saturated heterocycles. The lowest BCUT2D eigenvalue weighted by molar-refractivity contribution is 0.191. The molecule has 0 amide bonds. The van der Waals surface area contributed by atoms with Crippen LogP contribution in [-0.2, 0) is 13.3 Å². The van der Waals surface area contributed by atoms with Crippen LogP contribution in [0, 0.1) is 11.7 Å². The maximum atomic E-state index is 9.41. The molecule has 3 rings (SSSR count). The van der Waals surface area contributed by atoms with Crippen LogP contribution in [0.3, 0.4) is 0 Å². The van der Waals surface area contributed by atoms with Gasteiger partial charge in [0.05, 0.1) is 0 Å². The molecule has 0 unspecified atom stereocenters. The molecule has 0 bridgehead atoms. The van der Waals surface area contributed by atoms with Crippen molar-refractivity contribution in [2.24, 2.45) is 0 Å². The molecule has 3 aromatic rings. The number of hydrogen-bond acceptors (Lipinski definition) is 4. The first-order valence-corrected chi connectivity index (χ1v) is 7.65. The van der Waals surface area contributed by atoms with Crippen LogP contribution in [0.5, 0.6) is 5.75 Å². The van der Waals surface area contributed by atoms with Crippen LogP contribution in [0.2, 0.25) is 0 Å². The highest BCUT2D eigenvalue weighted by molar-refractivity contribution is 7.71. The first-order chi connectivity index (χ1) is 11.2. The molecule has 0 aliphatic rings. The van der Waals surface area contributed by atoms with Gasteiger partial charge >= 0.3 is 0 Å². The van der Waals surface area contributed by atoms with E-state index in [2.05, 4.69) is 5.10 Å². The van der Waals surface area contributed by atoms with Crippen molar-refractivity contribution in [3.05, 3.63) is 70.8 Å². The third-order valence-electron chi connectivity index (χ3n) is 3.51. The van der Waals surface area contributed by atoms with Crippen LogP contribution >= 0.6 is 12.2 Å². The summed E-state index contributed by atoms with van der Waals surface area (Å²) in [4.78, 5) is 0.